The quantitative estimate of drug-likeness (QED) is 0.611. The molecule has 0 aromatic heterocycles. The molecule has 146 valence electrons. The molecule has 2 unspecified atom stereocenters. The maximum Gasteiger partial charge on any atom is 0.242 e. The second kappa shape index (κ2) is 10.8. The summed E-state index contributed by atoms with van der Waals surface area (Å²) in [6.45, 7) is 9.90. The van der Waals surface area contributed by atoms with Gasteiger partial charge < -0.3 is 15.0 Å². The predicted octanol–water partition coefficient (Wildman–Crippen LogP) is 3.52. The fourth-order valence-corrected chi connectivity index (χ4v) is 3.34. The van der Waals surface area contributed by atoms with Crippen LogP contribution in [0.2, 0.25) is 0 Å². The van der Waals surface area contributed by atoms with Crippen LogP contribution in [0.3, 0.4) is 0 Å². The highest BCUT2D eigenvalue weighted by Gasteiger charge is 2.38. The number of nitrogens with zero attached hydrogens (tertiary/aromatic N) is 1. The molecule has 0 radical (unpaired) electrons. The van der Waals surface area contributed by atoms with Gasteiger partial charge in [-0.3, -0.25) is 9.59 Å². The van der Waals surface area contributed by atoms with Gasteiger partial charge in [-0.05, 0) is 18.3 Å². The molecule has 0 saturated carbocycles. The zero-order valence-corrected chi connectivity index (χ0v) is 16.9. The van der Waals surface area contributed by atoms with E-state index in [1.54, 1.807) is 12.0 Å². The minimum atomic E-state index is -0.371. The highest BCUT2D eigenvalue weighted by molar-refractivity contribution is 5.88. The van der Waals surface area contributed by atoms with E-state index >= 15 is 0 Å². The van der Waals surface area contributed by atoms with Crippen LogP contribution in [0.1, 0.15) is 79.1 Å². The van der Waals surface area contributed by atoms with Crippen molar-refractivity contribution in [3.05, 3.63) is 0 Å². The van der Waals surface area contributed by atoms with Crippen LogP contribution in [-0.2, 0) is 14.3 Å². The molecule has 0 aliphatic carbocycles. The Morgan fingerprint density at radius 1 is 1.12 bits per heavy atom. The maximum absolute atomic E-state index is 12.4. The standard InChI is InChI=1S/C20H38N2O3/c1-6-18(23)22-15-16(25-5)14-17(22)19(24)21-13-11-9-7-8-10-12-20(2,3)4/h16-17H,6-15H2,1-5H3,(H,21,24). The van der Waals surface area contributed by atoms with Gasteiger partial charge in [-0.25, -0.2) is 0 Å². The van der Waals surface area contributed by atoms with Crippen LogP contribution in [0.25, 0.3) is 0 Å². The average molecular weight is 355 g/mol. The Kier molecular flexibility index (Phi) is 9.47. The van der Waals surface area contributed by atoms with E-state index in [9.17, 15) is 9.59 Å². The molecule has 0 spiro atoms. The van der Waals surface area contributed by atoms with Gasteiger partial charge in [0.1, 0.15) is 6.04 Å². The van der Waals surface area contributed by atoms with E-state index in [-0.39, 0.29) is 24.0 Å². The summed E-state index contributed by atoms with van der Waals surface area (Å²) in [7, 11) is 1.64. The molecule has 5 nitrogen and oxygen atoms in total. The largest absolute Gasteiger partial charge is 0.380 e. The van der Waals surface area contributed by atoms with Gasteiger partial charge in [-0.2, -0.15) is 0 Å². The minimum absolute atomic E-state index is 0.0264. The summed E-state index contributed by atoms with van der Waals surface area (Å²) in [6.07, 6.45) is 8.18. The first-order valence-corrected chi connectivity index (χ1v) is 9.88. The number of amides is 2. The number of hydrogen-bond acceptors (Lipinski definition) is 3. The van der Waals surface area contributed by atoms with Gasteiger partial charge in [-0.15, -0.1) is 0 Å². The third-order valence-electron chi connectivity index (χ3n) is 4.92. The molecule has 1 N–H and O–H groups in total. The number of carbonyl (C=O) groups is 2. The minimum Gasteiger partial charge on any atom is -0.380 e. The summed E-state index contributed by atoms with van der Waals surface area (Å²) >= 11 is 0. The lowest BCUT2D eigenvalue weighted by Gasteiger charge is -2.23. The zero-order valence-electron chi connectivity index (χ0n) is 16.9. The van der Waals surface area contributed by atoms with E-state index in [0.717, 1.165) is 12.8 Å². The Bertz CT molecular complexity index is 418. The van der Waals surface area contributed by atoms with Gasteiger partial charge in [0.05, 0.1) is 6.10 Å². The summed E-state index contributed by atoms with van der Waals surface area (Å²) in [5.41, 5.74) is 0.428. The third kappa shape index (κ3) is 8.21. The second-order valence-corrected chi connectivity index (χ2v) is 8.38. The van der Waals surface area contributed by atoms with Crippen molar-refractivity contribution in [1.29, 1.82) is 0 Å². The SMILES string of the molecule is CCC(=O)N1CC(OC)CC1C(=O)NCCCCCCCC(C)(C)C. The highest BCUT2D eigenvalue weighted by Crippen LogP contribution is 2.23. The van der Waals surface area contributed by atoms with Crippen molar-refractivity contribution in [2.45, 2.75) is 91.2 Å². The molecule has 1 aliphatic heterocycles. The Balaban J connectivity index is 2.21. The molecule has 1 saturated heterocycles. The number of unbranched alkanes of at least 4 members (excludes halogenated alkanes) is 4. The zero-order chi connectivity index (χ0) is 18.9. The monoisotopic (exact) mass is 354 g/mol. The highest BCUT2D eigenvalue weighted by atomic mass is 16.5. The number of rotatable bonds is 10. The number of hydrogen-bond donors (Lipinski definition) is 1. The van der Waals surface area contributed by atoms with Crippen molar-refractivity contribution in [3.8, 4) is 0 Å². The lowest BCUT2D eigenvalue weighted by atomic mass is 9.89. The Morgan fingerprint density at radius 2 is 1.76 bits per heavy atom. The lowest BCUT2D eigenvalue weighted by molar-refractivity contribution is -0.138. The van der Waals surface area contributed by atoms with Crippen LogP contribution < -0.4 is 5.32 Å². The van der Waals surface area contributed by atoms with Crippen LogP contribution in [-0.4, -0.2) is 49.1 Å². The van der Waals surface area contributed by atoms with E-state index in [1.165, 1.54) is 25.7 Å². The number of likely N-dealkylation sites (tertiary alicyclic amines) is 1. The molecule has 0 aromatic carbocycles. The topological polar surface area (TPSA) is 58.6 Å². The number of ether oxygens (including phenoxy) is 1. The van der Waals surface area contributed by atoms with Gasteiger partial charge >= 0.3 is 0 Å². The fourth-order valence-electron chi connectivity index (χ4n) is 3.34. The molecule has 2 atom stereocenters. The maximum atomic E-state index is 12.4. The van der Waals surface area contributed by atoms with E-state index < -0.39 is 0 Å². The Labute approximate surface area is 153 Å². The van der Waals surface area contributed by atoms with E-state index in [0.29, 0.717) is 31.3 Å². The first-order chi connectivity index (χ1) is 11.8. The summed E-state index contributed by atoms with van der Waals surface area (Å²) < 4.78 is 5.35. The van der Waals surface area contributed by atoms with Gasteiger partial charge in [0.2, 0.25) is 11.8 Å². The Hall–Kier alpha value is -1.10. The van der Waals surface area contributed by atoms with Crippen LogP contribution in [0.4, 0.5) is 0 Å². The molecule has 1 aliphatic rings. The predicted molar refractivity (Wildman–Crippen MR) is 101 cm³/mol. The molecule has 5 heteroatoms. The normalized spacial score (nSPS) is 20.8. The molecule has 25 heavy (non-hydrogen) atoms. The first kappa shape index (κ1) is 21.9. The van der Waals surface area contributed by atoms with Gasteiger partial charge in [0, 0.05) is 33.0 Å². The van der Waals surface area contributed by atoms with Crippen LogP contribution >= 0.6 is 0 Å². The molecule has 1 fully saturated rings. The summed E-state index contributed by atoms with van der Waals surface area (Å²) in [5, 5.41) is 3.00. The number of carbonyl (C=O) groups excluding carboxylic acids is 2. The van der Waals surface area contributed by atoms with Crippen LogP contribution in [0.5, 0.6) is 0 Å². The van der Waals surface area contributed by atoms with Crippen LogP contribution in [0, 0.1) is 5.41 Å². The van der Waals surface area contributed by atoms with E-state index in [1.807, 2.05) is 6.92 Å². The van der Waals surface area contributed by atoms with E-state index in [2.05, 4.69) is 26.1 Å². The third-order valence-corrected chi connectivity index (χ3v) is 4.92. The summed E-state index contributed by atoms with van der Waals surface area (Å²) in [4.78, 5) is 26.1. The van der Waals surface area contributed by atoms with Gasteiger partial charge in [-0.1, -0.05) is 53.4 Å². The van der Waals surface area contributed by atoms with Crippen molar-refractivity contribution < 1.29 is 14.3 Å². The van der Waals surface area contributed by atoms with Crippen molar-refractivity contribution in [3.63, 3.8) is 0 Å². The molecule has 0 bridgehead atoms. The molecule has 1 heterocycles. The lowest BCUT2D eigenvalue weighted by Crippen LogP contribution is -2.46. The van der Waals surface area contributed by atoms with E-state index in [4.69, 9.17) is 4.74 Å². The van der Waals surface area contributed by atoms with Crippen molar-refractivity contribution in [2.24, 2.45) is 5.41 Å². The molecule has 0 aromatic rings. The molecule has 1 rings (SSSR count). The van der Waals surface area contributed by atoms with Crippen molar-refractivity contribution in [2.75, 3.05) is 20.2 Å². The van der Waals surface area contributed by atoms with Crippen LogP contribution in [0.15, 0.2) is 0 Å². The molecular formula is C20H38N2O3. The van der Waals surface area contributed by atoms with Gasteiger partial charge in [0.25, 0.3) is 0 Å². The Morgan fingerprint density at radius 3 is 2.36 bits per heavy atom. The van der Waals surface area contributed by atoms with Crippen molar-refractivity contribution >= 4 is 11.8 Å². The number of methoxy groups -OCH3 is 1. The smallest absolute Gasteiger partial charge is 0.242 e. The molecular weight excluding hydrogens is 316 g/mol. The number of nitrogens with one attached hydrogen (secondary N) is 1. The summed E-state index contributed by atoms with van der Waals surface area (Å²) in [6, 6.07) is -0.371. The van der Waals surface area contributed by atoms with Gasteiger partial charge in [0.15, 0.2) is 0 Å². The average Bonchev–Trinajstić information content (AvgIpc) is 2.99. The second-order valence-electron chi connectivity index (χ2n) is 8.38. The molecule has 2 amide bonds. The summed E-state index contributed by atoms with van der Waals surface area (Å²) in [5.74, 6) is -0.00682. The fraction of sp³-hybridized carbons (Fsp3) is 0.900. The first-order valence-electron chi connectivity index (χ1n) is 9.88. The van der Waals surface area contributed by atoms with Crippen molar-refractivity contribution in [1.82, 2.24) is 10.2 Å².